The van der Waals surface area contributed by atoms with E-state index in [0.29, 0.717) is 12.5 Å². The van der Waals surface area contributed by atoms with Gasteiger partial charge >= 0.3 is 0 Å². The van der Waals surface area contributed by atoms with Crippen molar-refractivity contribution < 1.29 is 13.6 Å². The van der Waals surface area contributed by atoms with Crippen LogP contribution in [-0.2, 0) is 17.8 Å². The van der Waals surface area contributed by atoms with Gasteiger partial charge in [-0.05, 0) is 42.7 Å². The molecule has 0 unspecified atom stereocenters. The second-order valence-corrected chi connectivity index (χ2v) is 8.03. The number of furan rings is 1. The lowest BCUT2D eigenvalue weighted by Crippen LogP contribution is -2.49. The van der Waals surface area contributed by atoms with Gasteiger partial charge in [0.25, 0.3) is 0 Å². The topological polar surface area (TPSA) is 73.1 Å². The van der Waals surface area contributed by atoms with Crippen molar-refractivity contribution >= 4 is 35.8 Å². The number of hydrogen-bond donors (Lipinski definition) is 2. The molecular weight excluding hydrogens is 524 g/mol. The molecule has 0 bridgehead atoms. The largest absolute Gasteiger partial charge is 0.469 e. The Morgan fingerprint density at radius 2 is 1.94 bits per heavy atom. The molecule has 1 aromatic heterocycles. The Morgan fingerprint density at radius 1 is 1.22 bits per heavy atom. The monoisotopic (exact) mass is 557 g/mol. The Balaban J connectivity index is 0.00000363. The zero-order valence-corrected chi connectivity index (χ0v) is 21.1. The summed E-state index contributed by atoms with van der Waals surface area (Å²) in [4.78, 5) is 20.3. The van der Waals surface area contributed by atoms with Gasteiger partial charge in [0.1, 0.15) is 18.1 Å². The van der Waals surface area contributed by atoms with Gasteiger partial charge in [-0.3, -0.25) is 9.69 Å². The number of likely N-dealkylation sites (tertiary alicyclic amines) is 1. The van der Waals surface area contributed by atoms with E-state index in [1.165, 1.54) is 17.0 Å². The number of halogens is 2. The molecule has 0 saturated carbocycles. The molecule has 7 nitrogen and oxygen atoms in total. The van der Waals surface area contributed by atoms with Crippen LogP contribution in [0, 0.1) is 5.82 Å². The van der Waals surface area contributed by atoms with Gasteiger partial charge in [0.2, 0.25) is 5.91 Å². The number of likely N-dealkylation sites (N-methyl/N-ethyl adjacent to an activating group) is 1. The number of rotatable bonds is 8. The number of piperidine rings is 1. The second kappa shape index (κ2) is 13.4. The lowest BCUT2D eigenvalue weighted by Gasteiger charge is -2.33. The SMILES string of the molecule is CN(C)C(=O)CN=C(NCCc1ccco1)NC1CCN(Cc2ccc(F)cc2)CC1.I. The molecule has 9 heteroatoms. The van der Waals surface area contributed by atoms with Crippen molar-refractivity contribution in [1.82, 2.24) is 20.4 Å². The number of carbonyl (C=O) groups is 1. The predicted molar refractivity (Wildman–Crippen MR) is 135 cm³/mol. The minimum absolute atomic E-state index is 0. The van der Waals surface area contributed by atoms with Crippen molar-refractivity contribution in [3.63, 3.8) is 0 Å². The summed E-state index contributed by atoms with van der Waals surface area (Å²) in [6, 6.07) is 10.8. The Labute approximate surface area is 206 Å². The standard InChI is InChI=1S/C23H32FN5O2.HI/c1-28(2)22(30)16-26-23(25-12-9-21-4-3-15-31-21)27-20-10-13-29(14-11-20)17-18-5-7-19(24)8-6-18;/h3-8,15,20H,9-14,16-17H2,1-2H3,(H2,25,26,27);1H. The van der Waals surface area contributed by atoms with Gasteiger partial charge < -0.3 is 20.0 Å². The first kappa shape index (κ1) is 26.1. The molecule has 0 atom stereocenters. The van der Waals surface area contributed by atoms with Gasteiger partial charge in [-0.2, -0.15) is 0 Å². The van der Waals surface area contributed by atoms with Crippen LogP contribution in [0.25, 0.3) is 0 Å². The van der Waals surface area contributed by atoms with Gasteiger partial charge in [0, 0.05) is 52.7 Å². The summed E-state index contributed by atoms with van der Waals surface area (Å²) in [5.74, 6) is 1.32. The van der Waals surface area contributed by atoms with Crippen LogP contribution < -0.4 is 10.6 Å². The molecular formula is C23H33FIN5O2. The molecule has 1 fully saturated rings. The van der Waals surface area contributed by atoms with Crippen molar-refractivity contribution in [2.75, 3.05) is 40.3 Å². The maximum Gasteiger partial charge on any atom is 0.243 e. The average Bonchev–Trinajstić information content (AvgIpc) is 3.28. The Morgan fingerprint density at radius 3 is 2.56 bits per heavy atom. The maximum atomic E-state index is 13.1. The molecule has 2 N–H and O–H groups in total. The fraction of sp³-hybridized carbons (Fsp3) is 0.478. The van der Waals surface area contributed by atoms with Crippen molar-refractivity contribution in [3.05, 3.63) is 59.8 Å². The molecule has 2 aromatic rings. The molecule has 1 amide bonds. The fourth-order valence-electron chi connectivity index (χ4n) is 3.48. The number of nitrogens with zero attached hydrogens (tertiary/aromatic N) is 3. The van der Waals surface area contributed by atoms with Gasteiger partial charge in [-0.1, -0.05) is 12.1 Å². The van der Waals surface area contributed by atoms with Crippen LogP contribution in [0.2, 0.25) is 0 Å². The molecule has 32 heavy (non-hydrogen) atoms. The normalized spacial score (nSPS) is 15.2. The van der Waals surface area contributed by atoms with Crippen LogP contribution in [0.4, 0.5) is 4.39 Å². The first-order chi connectivity index (χ1) is 15.0. The zero-order chi connectivity index (χ0) is 22.1. The molecule has 2 heterocycles. The lowest BCUT2D eigenvalue weighted by molar-refractivity contribution is -0.127. The summed E-state index contributed by atoms with van der Waals surface area (Å²) < 4.78 is 18.5. The highest BCUT2D eigenvalue weighted by molar-refractivity contribution is 14.0. The molecule has 1 aliphatic rings. The fourth-order valence-corrected chi connectivity index (χ4v) is 3.48. The summed E-state index contributed by atoms with van der Waals surface area (Å²) in [6.07, 6.45) is 4.35. The number of hydrogen-bond acceptors (Lipinski definition) is 4. The van der Waals surface area contributed by atoms with Gasteiger partial charge in [-0.25, -0.2) is 9.38 Å². The Bertz CT molecular complexity index is 835. The van der Waals surface area contributed by atoms with E-state index in [1.54, 1.807) is 20.4 Å². The van der Waals surface area contributed by atoms with Crippen LogP contribution >= 0.6 is 24.0 Å². The summed E-state index contributed by atoms with van der Waals surface area (Å²) >= 11 is 0. The summed E-state index contributed by atoms with van der Waals surface area (Å²) in [6.45, 7) is 3.49. The molecule has 0 spiro atoms. The third-order valence-electron chi connectivity index (χ3n) is 5.36. The zero-order valence-electron chi connectivity index (χ0n) is 18.7. The maximum absolute atomic E-state index is 13.1. The predicted octanol–water partition coefficient (Wildman–Crippen LogP) is 2.87. The van der Waals surface area contributed by atoms with E-state index in [0.717, 1.165) is 50.2 Å². The number of amides is 1. The van der Waals surface area contributed by atoms with E-state index >= 15 is 0 Å². The molecule has 1 aromatic carbocycles. The first-order valence-corrected chi connectivity index (χ1v) is 10.7. The smallest absolute Gasteiger partial charge is 0.243 e. The highest BCUT2D eigenvalue weighted by atomic mass is 127. The van der Waals surface area contributed by atoms with Gasteiger partial charge in [0.15, 0.2) is 5.96 Å². The van der Waals surface area contributed by atoms with Crippen molar-refractivity contribution in [2.24, 2.45) is 4.99 Å². The van der Waals surface area contributed by atoms with Gasteiger partial charge in [-0.15, -0.1) is 24.0 Å². The number of benzene rings is 1. The quantitative estimate of drug-likeness (QED) is 0.297. The van der Waals surface area contributed by atoms with Crippen LogP contribution in [0.1, 0.15) is 24.2 Å². The number of aliphatic imine (C=N–C) groups is 1. The third-order valence-corrected chi connectivity index (χ3v) is 5.36. The van der Waals surface area contributed by atoms with Crippen LogP contribution in [0.15, 0.2) is 52.1 Å². The number of carbonyl (C=O) groups excluding carboxylic acids is 1. The first-order valence-electron chi connectivity index (χ1n) is 10.7. The average molecular weight is 557 g/mol. The van der Waals surface area contributed by atoms with Crippen LogP contribution in [0.3, 0.4) is 0 Å². The molecule has 0 radical (unpaired) electrons. The van der Waals surface area contributed by atoms with E-state index in [2.05, 4.69) is 20.5 Å². The van der Waals surface area contributed by atoms with E-state index in [-0.39, 0.29) is 48.3 Å². The Kier molecular flexibility index (Phi) is 10.9. The minimum atomic E-state index is -0.203. The van der Waals surface area contributed by atoms with Crippen molar-refractivity contribution in [2.45, 2.75) is 31.8 Å². The van der Waals surface area contributed by atoms with E-state index in [1.807, 2.05) is 24.3 Å². The van der Waals surface area contributed by atoms with E-state index in [4.69, 9.17) is 4.42 Å². The summed E-state index contributed by atoms with van der Waals surface area (Å²) in [5, 5.41) is 6.80. The lowest BCUT2D eigenvalue weighted by atomic mass is 10.0. The molecule has 3 rings (SSSR count). The van der Waals surface area contributed by atoms with Crippen molar-refractivity contribution in [1.29, 1.82) is 0 Å². The molecule has 0 aliphatic carbocycles. The highest BCUT2D eigenvalue weighted by Crippen LogP contribution is 2.14. The number of guanidine groups is 1. The molecule has 1 saturated heterocycles. The number of nitrogens with one attached hydrogen (secondary N) is 2. The highest BCUT2D eigenvalue weighted by Gasteiger charge is 2.20. The van der Waals surface area contributed by atoms with E-state index < -0.39 is 0 Å². The molecule has 176 valence electrons. The van der Waals surface area contributed by atoms with Crippen molar-refractivity contribution in [3.8, 4) is 0 Å². The van der Waals surface area contributed by atoms with Crippen LogP contribution in [-0.4, -0.2) is 68.0 Å². The Hall–Kier alpha value is -2.14. The second-order valence-electron chi connectivity index (χ2n) is 8.03. The van der Waals surface area contributed by atoms with Gasteiger partial charge in [0.05, 0.1) is 6.26 Å². The molecule has 1 aliphatic heterocycles. The van der Waals surface area contributed by atoms with E-state index in [9.17, 15) is 9.18 Å². The minimum Gasteiger partial charge on any atom is -0.469 e. The van der Waals surface area contributed by atoms with Crippen LogP contribution in [0.5, 0.6) is 0 Å². The third kappa shape index (κ3) is 8.78. The summed E-state index contributed by atoms with van der Waals surface area (Å²) in [5.41, 5.74) is 1.12. The summed E-state index contributed by atoms with van der Waals surface area (Å²) in [7, 11) is 3.46.